The third-order valence-electron chi connectivity index (χ3n) is 9.39. The Labute approximate surface area is 357 Å². The van der Waals surface area contributed by atoms with Gasteiger partial charge in [0.05, 0.1) is 56.3 Å². The number of hydrogen-bond acceptors (Lipinski definition) is 9. The van der Waals surface area contributed by atoms with Crippen molar-refractivity contribution >= 4 is 60.2 Å². The van der Waals surface area contributed by atoms with Gasteiger partial charge in [-0.25, -0.2) is 4.57 Å². The van der Waals surface area contributed by atoms with Crippen LogP contribution in [0.15, 0.2) is 42.5 Å². The van der Waals surface area contributed by atoms with E-state index in [1.165, 1.54) is 70.6 Å². The third-order valence-corrected chi connectivity index (χ3v) is 11.0. The Bertz CT molecular complexity index is 1520. The van der Waals surface area contributed by atoms with Gasteiger partial charge in [0.25, 0.3) is 0 Å². The highest BCUT2D eigenvalue weighted by Gasteiger charge is 2.27. The minimum atomic E-state index is -4.49. The molecule has 0 aromatic heterocycles. The molecule has 2 aromatic carbocycles. The van der Waals surface area contributed by atoms with E-state index < -0.39 is 32.5 Å². The summed E-state index contributed by atoms with van der Waals surface area (Å²) < 4.78 is 34.1. The van der Waals surface area contributed by atoms with Gasteiger partial charge >= 0.3 is 19.8 Å². The molecule has 1 amide bonds. The number of para-hydroxylation sites is 2. The molecule has 328 valence electrons. The minimum absolute atomic E-state index is 0.00590. The van der Waals surface area contributed by atoms with Gasteiger partial charge in [-0.1, -0.05) is 144 Å². The summed E-state index contributed by atoms with van der Waals surface area (Å²) in [6, 6.07) is 12.4. The minimum Gasteiger partial charge on any atom is -0.462 e. The van der Waals surface area contributed by atoms with E-state index in [0.717, 1.165) is 19.3 Å². The lowest BCUT2D eigenvalue weighted by Crippen LogP contribution is -2.37. The Morgan fingerprint density at radius 3 is 1.90 bits per heavy atom. The first kappa shape index (κ1) is 51.4. The van der Waals surface area contributed by atoms with Crippen LogP contribution in [0.25, 0.3) is 0 Å². The molecule has 15 heteroatoms. The van der Waals surface area contributed by atoms with Gasteiger partial charge in [-0.15, -0.1) is 0 Å². The SMILES string of the molecule is CCCCCCCCCCCCCCCCCC(=O)OC[C@H](COP(=O)(O)OCC[N+](C)(C)C)OC(=O)CCNC(=O)Cc1ccccc1Nc1c(Cl)cccc1Cl. The second kappa shape index (κ2) is 29.5. The maximum Gasteiger partial charge on any atom is 0.472 e. The summed E-state index contributed by atoms with van der Waals surface area (Å²) in [5, 5.41) is 6.76. The Hall–Kier alpha value is -2.70. The van der Waals surface area contributed by atoms with Crippen molar-refractivity contribution in [3.05, 3.63) is 58.1 Å². The molecule has 0 bridgehead atoms. The molecule has 58 heavy (non-hydrogen) atoms. The predicted molar refractivity (Wildman–Crippen MR) is 233 cm³/mol. The third kappa shape index (κ3) is 25.0. The number of ether oxygens (including phenoxy) is 2. The zero-order valence-corrected chi connectivity index (χ0v) is 37.7. The van der Waals surface area contributed by atoms with Gasteiger partial charge in [-0.05, 0) is 30.2 Å². The van der Waals surface area contributed by atoms with E-state index in [4.69, 9.17) is 41.7 Å². The van der Waals surface area contributed by atoms with E-state index in [-0.39, 0.29) is 44.9 Å². The molecule has 0 aliphatic rings. The molecule has 0 radical (unpaired) electrons. The molecule has 0 aliphatic carbocycles. The molecule has 2 aromatic rings. The van der Waals surface area contributed by atoms with Gasteiger partial charge in [0.1, 0.15) is 19.8 Å². The molecule has 2 rings (SSSR count). The van der Waals surface area contributed by atoms with Gasteiger partial charge in [-0.3, -0.25) is 23.4 Å². The molecular weight excluding hydrogens is 804 g/mol. The fourth-order valence-electron chi connectivity index (χ4n) is 5.99. The summed E-state index contributed by atoms with van der Waals surface area (Å²) >= 11 is 12.6. The van der Waals surface area contributed by atoms with Crippen LogP contribution < -0.4 is 10.6 Å². The number of amides is 1. The molecule has 0 heterocycles. The van der Waals surface area contributed by atoms with Crippen molar-refractivity contribution in [2.24, 2.45) is 0 Å². The number of carbonyl (C=O) groups is 3. The van der Waals surface area contributed by atoms with Crippen LogP contribution in [0.2, 0.25) is 10.0 Å². The Morgan fingerprint density at radius 2 is 1.31 bits per heavy atom. The number of rotatable bonds is 33. The summed E-state index contributed by atoms with van der Waals surface area (Å²) in [5.41, 5.74) is 1.84. The van der Waals surface area contributed by atoms with E-state index in [1.807, 2.05) is 27.2 Å². The number of esters is 2. The summed E-state index contributed by atoms with van der Waals surface area (Å²) in [6.07, 6.45) is 17.1. The molecule has 0 fully saturated rings. The molecule has 12 nitrogen and oxygen atoms in total. The molecule has 1 unspecified atom stereocenters. The summed E-state index contributed by atoms with van der Waals surface area (Å²) in [5.74, 6) is -1.52. The fourth-order valence-corrected chi connectivity index (χ4v) is 7.23. The number of anilines is 2. The number of likely N-dealkylation sites (N-methyl/N-ethyl adjacent to an activating group) is 1. The summed E-state index contributed by atoms with van der Waals surface area (Å²) in [6.45, 7) is 1.71. The smallest absolute Gasteiger partial charge is 0.462 e. The lowest BCUT2D eigenvalue weighted by Gasteiger charge is -2.24. The molecule has 0 aliphatic heterocycles. The molecular formula is C43H69Cl2N3O9P+. The lowest BCUT2D eigenvalue weighted by atomic mass is 10.0. The van der Waals surface area contributed by atoms with Crippen LogP contribution in [-0.2, 0) is 43.9 Å². The average molecular weight is 874 g/mol. The highest BCUT2D eigenvalue weighted by atomic mass is 35.5. The number of carbonyl (C=O) groups excluding carboxylic acids is 3. The van der Waals surface area contributed by atoms with Crippen molar-refractivity contribution in [2.45, 2.75) is 129 Å². The standard InChI is InChI=1S/C43H68Cl2N3O9P/c1-5-6-7-8-9-10-11-12-13-14-15-16-17-18-19-27-41(50)54-33-36(34-56-58(52,53)55-31-30-48(2,3)4)57-42(51)28-29-46-40(49)32-35-23-20-21-26-39(35)47-43-37(44)24-22-25-38(43)45/h20-26,36,47H,5-19,27-34H2,1-4H3,(H-,46,49,52,53)/p+1/t36-/m1/s1. The molecule has 0 saturated heterocycles. The number of nitrogens with zero attached hydrogens (tertiary/aromatic N) is 1. The summed E-state index contributed by atoms with van der Waals surface area (Å²) in [7, 11) is 1.24. The van der Waals surface area contributed by atoms with Crippen molar-refractivity contribution in [3.8, 4) is 0 Å². The van der Waals surface area contributed by atoms with Gasteiger partial charge in [-0.2, -0.15) is 0 Å². The van der Waals surface area contributed by atoms with Crippen molar-refractivity contribution in [3.63, 3.8) is 0 Å². The number of halogens is 2. The van der Waals surface area contributed by atoms with Crippen LogP contribution in [0, 0.1) is 0 Å². The normalized spacial score (nSPS) is 13.1. The number of benzene rings is 2. The molecule has 2 atom stereocenters. The van der Waals surface area contributed by atoms with E-state index in [9.17, 15) is 23.8 Å². The fraction of sp³-hybridized carbons (Fsp3) is 0.651. The molecule has 0 saturated carbocycles. The average Bonchev–Trinajstić information content (AvgIpc) is 3.16. The lowest BCUT2D eigenvalue weighted by molar-refractivity contribution is -0.870. The van der Waals surface area contributed by atoms with Gasteiger partial charge in [0, 0.05) is 18.7 Å². The van der Waals surface area contributed by atoms with E-state index in [1.54, 1.807) is 36.4 Å². The number of hydrogen-bond donors (Lipinski definition) is 3. The molecule has 3 N–H and O–H groups in total. The Kier molecular flexibility index (Phi) is 26.2. The van der Waals surface area contributed by atoms with Gasteiger partial charge in [0.2, 0.25) is 5.91 Å². The van der Waals surface area contributed by atoms with Crippen LogP contribution >= 0.6 is 31.0 Å². The number of phosphoric ester groups is 1. The second-order valence-corrected chi connectivity index (χ2v) is 18.0. The summed E-state index contributed by atoms with van der Waals surface area (Å²) in [4.78, 5) is 48.5. The number of unbranched alkanes of at least 4 members (excludes halogenated alkanes) is 14. The van der Waals surface area contributed by atoms with E-state index in [0.29, 0.717) is 44.4 Å². The van der Waals surface area contributed by atoms with E-state index >= 15 is 0 Å². The maximum absolute atomic E-state index is 12.8. The van der Waals surface area contributed by atoms with Crippen LogP contribution in [-0.4, -0.2) is 87.4 Å². The van der Waals surface area contributed by atoms with Crippen LogP contribution in [0.5, 0.6) is 0 Å². The second-order valence-electron chi connectivity index (χ2n) is 15.8. The van der Waals surface area contributed by atoms with Crippen molar-refractivity contribution < 1.29 is 46.8 Å². The number of phosphoric acid groups is 1. The van der Waals surface area contributed by atoms with Crippen molar-refractivity contribution in [1.82, 2.24) is 5.32 Å². The number of quaternary nitrogens is 1. The Morgan fingerprint density at radius 1 is 0.741 bits per heavy atom. The van der Waals surface area contributed by atoms with Crippen molar-refractivity contribution in [1.29, 1.82) is 0 Å². The predicted octanol–water partition coefficient (Wildman–Crippen LogP) is 10.3. The first-order valence-corrected chi connectivity index (χ1v) is 23.3. The highest BCUT2D eigenvalue weighted by molar-refractivity contribution is 7.47. The topological polar surface area (TPSA) is 149 Å². The first-order chi connectivity index (χ1) is 27.7. The maximum atomic E-state index is 12.8. The number of nitrogens with one attached hydrogen (secondary N) is 2. The highest BCUT2D eigenvalue weighted by Crippen LogP contribution is 2.43. The van der Waals surface area contributed by atoms with Gasteiger partial charge < -0.3 is 29.5 Å². The first-order valence-electron chi connectivity index (χ1n) is 21.0. The zero-order valence-electron chi connectivity index (χ0n) is 35.2. The monoisotopic (exact) mass is 872 g/mol. The van der Waals surface area contributed by atoms with Crippen LogP contribution in [0.3, 0.4) is 0 Å². The largest absolute Gasteiger partial charge is 0.472 e. The van der Waals surface area contributed by atoms with Gasteiger partial charge in [0.15, 0.2) is 6.10 Å². The zero-order chi connectivity index (χ0) is 42.7. The quantitative estimate of drug-likeness (QED) is 0.0274. The molecule has 0 spiro atoms. The van der Waals surface area contributed by atoms with Crippen molar-refractivity contribution in [2.75, 3.05) is 59.4 Å². The van der Waals surface area contributed by atoms with Crippen LogP contribution in [0.1, 0.15) is 122 Å². The van der Waals surface area contributed by atoms with Crippen LogP contribution in [0.4, 0.5) is 11.4 Å². The van der Waals surface area contributed by atoms with E-state index in [2.05, 4.69) is 17.6 Å². The Balaban J connectivity index is 1.77.